The lowest BCUT2D eigenvalue weighted by molar-refractivity contribution is 0.169. The standard InChI is InChI=1S/C20H27NO2/c1-16(2)15-23-19-11-9-17(10-12-19)20(22)13-14-21(3)18-7-5-4-6-8-18/h4-12,16,20,22H,13-15H2,1-3H3. The van der Waals surface area contributed by atoms with Crippen LogP contribution in [-0.2, 0) is 0 Å². The number of nitrogens with zero attached hydrogens (tertiary/aromatic N) is 1. The first-order valence-corrected chi connectivity index (χ1v) is 8.23. The molecule has 0 aliphatic rings. The van der Waals surface area contributed by atoms with Crippen molar-refractivity contribution in [2.45, 2.75) is 26.4 Å². The number of hydrogen-bond donors (Lipinski definition) is 1. The average Bonchev–Trinajstić information content (AvgIpc) is 2.58. The van der Waals surface area contributed by atoms with Crippen LogP contribution in [0.2, 0.25) is 0 Å². The summed E-state index contributed by atoms with van der Waals surface area (Å²) in [6.45, 7) is 5.77. The summed E-state index contributed by atoms with van der Waals surface area (Å²) < 4.78 is 5.67. The molecule has 3 heteroatoms. The second-order valence-corrected chi connectivity index (χ2v) is 6.34. The van der Waals surface area contributed by atoms with Crippen molar-refractivity contribution in [2.24, 2.45) is 5.92 Å². The molecule has 0 aromatic heterocycles. The topological polar surface area (TPSA) is 32.7 Å². The first kappa shape index (κ1) is 17.4. The van der Waals surface area contributed by atoms with Gasteiger partial charge in [0.25, 0.3) is 0 Å². The Morgan fingerprint density at radius 3 is 2.26 bits per heavy atom. The number of anilines is 1. The van der Waals surface area contributed by atoms with Gasteiger partial charge in [-0.2, -0.15) is 0 Å². The highest BCUT2D eigenvalue weighted by Crippen LogP contribution is 2.22. The van der Waals surface area contributed by atoms with Gasteiger partial charge in [-0.05, 0) is 42.2 Å². The van der Waals surface area contributed by atoms with E-state index in [9.17, 15) is 5.11 Å². The first-order chi connectivity index (χ1) is 11.1. The van der Waals surface area contributed by atoms with E-state index in [1.54, 1.807) is 0 Å². The Kier molecular flexibility index (Phi) is 6.48. The number of hydrogen-bond acceptors (Lipinski definition) is 3. The second-order valence-electron chi connectivity index (χ2n) is 6.34. The van der Waals surface area contributed by atoms with Crippen LogP contribution < -0.4 is 9.64 Å². The Morgan fingerprint density at radius 1 is 1.00 bits per heavy atom. The molecular formula is C20H27NO2. The van der Waals surface area contributed by atoms with Gasteiger partial charge in [-0.3, -0.25) is 0 Å². The number of aliphatic hydroxyl groups excluding tert-OH is 1. The van der Waals surface area contributed by atoms with Crippen LogP contribution in [0.1, 0.15) is 31.9 Å². The van der Waals surface area contributed by atoms with Crippen molar-refractivity contribution < 1.29 is 9.84 Å². The zero-order valence-electron chi connectivity index (χ0n) is 14.3. The zero-order valence-corrected chi connectivity index (χ0v) is 14.3. The van der Waals surface area contributed by atoms with Gasteiger partial charge in [-0.25, -0.2) is 0 Å². The molecule has 2 rings (SSSR count). The predicted octanol–water partition coefficient (Wildman–Crippen LogP) is 4.28. The summed E-state index contributed by atoms with van der Waals surface area (Å²) in [5, 5.41) is 10.4. The van der Waals surface area contributed by atoms with Gasteiger partial charge in [-0.1, -0.05) is 44.2 Å². The van der Waals surface area contributed by atoms with Crippen molar-refractivity contribution in [3.05, 3.63) is 60.2 Å². The van der Waals surface area contributed by atoms with Gasteiger partial charge in [0.2, 0.25) is 0 Å². The van der Waals surface area contributed by atoms with Crippen LogP contribution in [-0.4, -0.2) is 25.3 Å². The summed E-state index contributed by atoms with van der Waals surface area (Å²) >= 11 is 0. The third kappa shape index (κ3) is 5.61. The van der Waals surface area contributed by atoms with Gasteiger partial charge < -0.3 is 14.7 Å². The molecule has 1 atom stereocenters. The van der Waals surface area contributed by atoms with Gasteiger partial charge in [-0.15, -0.1) is 0 Å². The van der Waals surface area contributed by atoms with Crippen LogP contribution in [0, 0.1) is 5.92 Å². The van der Waals surface area contributed by atoms with Crippen molar-refractivity contribution in [1.82, 2.24) is 0 Å². The van der Waals surface area contributed by atoms with Crippen molar-refractivity contribution in [1.29, 1.82) is 0 Å². The molecule has 0 radical (unpaired) electrons. The third-order valence-electron chi connectivity index (χ3n) is 3.78. The molecule has 0 bridgehead atoms. The minimum Gasteiger partial charge on any atom is -0.493 e. The molecular weight excluding hydrogens is 286 g/mol. The Hall–Kier alpha value is -2.00. The maximum atomic E-state index is 10.4. The van der Waals surface area contributed by atoms with Gasteiger partial charge in [0.05, 0.1) is 12.7 Å². The molecule has 0 spiro atoms. The van der Waals surface area contributed by atoms with E-state index in [0.29, 0.717) is 18.9 Å². The summed E-state index contributed by atoms with van der Waals surface area (Å²) in [5.74, 6) is 1.37. The molecule has 0 saturated heterocycles. The van der Waals surface area contributed by atoms with Crippen molar-refractivity contribution in [2.75, 3.05) is 25.1 Å². The van der Waals surface area contributed by atoms with Crippen LogP contribution >= 0.6 is 0 Å². The Bertz CT molecular complexity index is 566. The van der Waals surface area contributed by atoms with Crippen LogP contribution in [0.4, 0.5) is 5.69 Å². The molecule has 124 valence electrons. The van der Waals surface area contributed by atoms with Crippen LogP contribution in [0.5, 0.6) is 5.75 Å². The van der Waals surface area contributed by atoms with E-state index in [1.807, 2.05) is 49.5 Å². The number of para-hydroxylation sites is 1. The Morgan fingerprint density at radius 2 is 1.65 bits per heavy atom. The Balaban J connectivity index is 1.84. The normalized spacial score (nSPS) is 12.2. The van der Waals surface area contributed by atoms with Crippen LogP contribution in [0.15, 0.2) is 54.6 Å². The molecule has 23 heavy (non-hydrogen) atoms. The van der Waals surface area contributed by atoms with Gasteiger partial charge >= 0.3 is 0 Å². The van der Waals surface area contributed by atoms with Crippen molar-refractivity contribution in [3.8, 4) is 5.75 Å². The largest absolute Gasteiger partial charge is 0.493 e. The fourth-order valence-electron chi connectivity index (χ4n) is 2.34. The second kappa shape index (κ2) is 8.59. The minimum atomic E-state index is -0.458. The van der Waals surface area contributed by atoms with E-state index < -0.39 is 6.10 Å². The molecule has 2 aromatic carbocycles. The lowest BCUT2D eigenvalue weighted by atomic mass is 10.1. The molecule has 2 aromatic rings. The fourth-order valence-corrected chi connectivity index (χ4v) is 2.34. The van der Waals surface area contributed by atoms with Gasteiger partial charge in [0.15, 0.2) is 0 Å². The number of ether oxygens (including phenoxy) is 1. The maximum Gasteiger partial charge on any atom is 0.119 e. The summed E-state index contributed by atoms with van der Waals surface area (Å²) in [5.41, 5.74) is 2.10. The Labute approximate surface area is 139 Å². The summed E-state index contributed by atoms with van der Waals surface area (Å²) in [6.07, 6.45) is 0.234. The highest BCUT2D eigenvalue weighted by atomic mass is 16.5. The van der Waals surface area contributed by atoms with Crippen LogP contribution in [0.3, 0.4) is 0 Å². The van der Waals surface area contributed by atoms with E-state index >= 15 is 0 Å². The maximum absolute atomic E-state index is 10.4. The zero-order chi connectivity index (χ0) is 16.7. The summed E-state index contributed by atoms with van der Waals surface area (Å²) in [6, 6.07) is 18.0. The summed E-state index contributed by atoms with van der Waals surface area (Å²) in [7, 11) is 2.05. The minimum absolute atomic E-state index is 0.458. The highest BCUT2D eigenvalue weighted by Gasteiger charge is 2.10. The molecule has 0 heterocycles. The first-order valence-electron chi connectivity index (χ1n) is 8.23. The molecule has 0 aliphatic heterocycles. The van der Waals surface area contributed by atoms with Gasteiger partial charge in [0, 0.05) is 19.3 Å². The lowest BCUT2D eigenvalue weighted by Crippen LogP contribution is -2.20. The van der Waals surface area contributed by atoms with E-state index in [1.165, 1.54) is 0 Å². The van der Waals surface area contributed by atoms with Crippen molar-refractivity contribution in [3.63, 3.8) is 0 Å². The predicted molar refractivity (Wildman–Crippen MR) is 96.1 cm³/mol. The van der Waals surface area contributed by atoms with E-state index in [0.717, 1.165) is 23.5 Å². The van der Waals surface area contributed by atoms with E-state index in [4.69, 9.17) is 4.74 Å². The highest BCUT2D eigenvalue weighted by molar-refractivity contribution is 5.44. The molecule has 1 unspecified atom stereocenters. The summed E-state index contributed by atoms with van der Waals surface area (Å²) in [4.78, 5) is 2.16. The smallest absolute Gasteiger partial charge is 0.119 e. The third-order valence-corrected chi connectivity index (χ3v) is 3.78. The van der Waals surface area contributed by atoms with Gasteiger partial charge in [0.1, 0.15) is 5.75 Å². The average molecular weight is 313 g/mol. The number of benzene rings is 2. The number of rotatable bonds is 8. The molecule has 3 nitrogen and oxygen atoms in total. The molecule has 0 saturated carbocycles. The fraction of sp³-hybridized carbons (Fsp3) is 0.400. The molecule has 1 N–H and O–H groups in total. The molecule has 0 fully saturated rings. The van der Waals surface area contributed by atoms with E-state index in [2.05, 4.69) is 30.9 Å². The van der Waals surface area contributed by atoms with E-state index in [-0.39, 0.29) is 0 Å². The molecule has 0 amide bonds. The SMILES string of the molecule is CC(C)COc1ccc(C(O)CCN(C)c2ccccc2)cc1. The lowest BCUT2D eigenvalue weighted by Gasteiger charge is -2.21. The van der Waals surface area contributed by atoms with Crippen LogP contribution in [0.25, 0.3) is 0 Å². The van der Waals surface area contributed by atoms with Crippen molar-refractivity contribution >= 4 is 5.69 Å². The molecule has 0 aliphatic carbocycles. The number of aliphatic hydroxyl groups is 1. The monoisotopic (exact) mass is 313 g/mol. The quantitative estimate of drug-likeness (QED) is 0.789.